The fraction of sp³-hybridized carbons (Fsp3) is 0.471. The Bertz CT molecular complexity index is 963. The molecule has 1 saturated heterocycles. The van der Waals surface area contributed by atoms with E-state index in [1.165, 1.54) is 10.4 Å². The van der Waals surface area contributed by atoms with E-state index in [1.54, 1.807) is 11.3 Å². The van der Waals surface area contributed by atoms with Crippen LogP contribution in [0.25, 0.3) is 20.7 Å². The Hall–Kier alpha value is -1.99. The van der Waals surface area contributed by atoms with Crippen LogP contribution in [0.15, 0.2) is 11.0 Å². The van der Waals surface area contributed by atoms with Crippen molar-refractivity contribution in [2.75, 3.05) is 13.1 Å². The highest BCUT2D eigenvalue weighted by Crippen LogP contribution is 2.40. The molecule has 3 aromatic heterocycles. The van der Waals surface area contributed by atoms with Gasteiger partial charge in [0.2, 0.25) is 0 Å². The minimum atomic E-state index is 0.0108. The van der Waals surface area contributed by atoms with Crippen LogP contribution in [0.1, 0.15) is 42.3 Å². The van der Waals surface area contributed by atoms with Crippen LogP contribution >= 0.6 is 11.3 Å². The second kappa shape index (κ2) is 5.53. The molecule has 3 aromatic rings. The Labute approximate surface area is 142 Å². The van der Waals surface area contributed by atoms with E-state index in [4.69, 9.17) is 4.98 Å². The topological polar surface area (TPSA) is 86.5 Å². The first-order valence-electron chi connectivity index (χ1n) is 8.60. The number of aromatic nitrogens is 4. The second-order valence-corrected chi connectivity index (χ2v) is 7.68. The van der Waals surface area contributed by atoms with E-state index in [9.17, 15) is 4.79 Å². The second-order valence-electron chi connectivity index (χ2n) is 6.66. The molecule has 0 bridgehead atoms. The third kappa shape index (κ3) is 2.15. The van der Waals surface area contributed by atoms with Crippen molar-refractivity contribution in [3.63, 3.8) is 0 Å². The van der Waals surface area contributed by atoms with Gasteiger partial charge in [-0.05, 0) is 50.8 Å². The smallest absolute Gasteiger partial charge is 0.268 e. The molecule has 0 radical (unpaired) electrons. The van der Waals surface area contributed by atoms with Crippen LogP contribution in [0.4, 0.5) is 0 Å². The number of nitrogens with one attached hydrogen (secondary N) is 3. The molecular formula is C17H19N5OS. The highest BCUT2D eigenvalue weighted by atomic mass is 32.1. The number of fused-ring (bicyclic) bond motifs is 5. The number of rotatable bonds is 1. The maximum Gasteiger partial charge on any atom is 0.268 e. The zero-order chi connectivity index (χ0) is 16.1. The largest absolute Gasteiger partial charge is 0.317 e. The number of piperidine rings is 1. The molecule has 1 fully saturated rings. The molecule has 7 heteroatoms. The summed E-state index contributed by atoms with van der Waals surface area (Å²) in [5.74, 6) is 1.22. The molecule has 24 heavy (non-hydrogen) atoms. The Morgan fingerprint density at radius 3 is 2.96 bits per heavy atom. The first-order valence-corrected chi connectivity index (χ1v) is 9.42. The maximum absolute atomic E-state index is 12.7. The first-order chi connectivity index (χ1) is 11.8. The van der Waals surface area contributed by atoms with Gasteiger partial charge in [0.25, 0.3) is 5.56 Å². The highest BCUT2D eigenvalue weighted by Gasteiger charge is 2.25. The molecule has 124 valence electrons. The van der Waals surface area contributed by atoms with Crippen molar-refractivity contribution in [2.45, 2.75) is 38.0 Å². The number of nitrogens with zero attached hydrogens (tertiary/aromatic N) is 2. The van der Waals surface area contributed by atoms with Gasteiger partial charge in [-0.25, -0.2) is 4.98 Å². The Morgan fingerprint density at radius 2 is 2.08 bits per heavy atom. The predicted octanol–water partition coefficient (Wildman–Crippen LogP) is 2.33. The van der Waals surface area contributed by atoms with Gasteiger partial charge in [-0.1, -0.05) is 0 Å². The molecular weight excluding hydrogens is 322 g/mol. The molecule has 5 rings (SSSR count). The van der Waals surface area contributed by atoms with Crippen LogP contribution in [-0.2, 0) is 12.8 Å². The van der Waals surface area contributed by atoms with Gasteiger partial charge in [-0.15, -0.1) is 11.3 Å². The summed E-state index contributed by atoms with van der Waals surface area (Å²) in [7, 11) is 0. The SMILES string of the molecule is O=c1[nH]c(C2CCNCC2)nc2c3c(sc12)-c1c[nH]nc1CCC3. The van der Waals surface area contributed by atoms with E-state index in [1.807, 2.05) is 6.20 Å². The lowest BCUT2D eigenvalue weighted by atomic mass is 9.97. The highest BCUT2D eigenvalue weighted by molar-refractivity contribution is 7.22. The zero-order valence-electron chi connectivity index (χ0n) is 13.3. The average Bonchev–Trinajstić information content (AvgIpc) is 3.17. The Kier molecular flexibility index (Phi) is 3.31. The summed E-state index contributed by atoms with van der Waals surface area (Å²) < 4.78 is 0.756. The van der Waals surface area contributed by atoms with Crippen molar-refractivity contribution in [1.29, 1.82) is 0 Å². The van der Waals surface area contributed by atoms with E-state index in [-0.39, 0.29) is 5.56 Å². The monoisotopic (exact) mass is 341 g/mol. The molecule has 0 aromatic carbocycles. The van der Waals surface area contributed by atoms with Crippen molar-refractivity contribution < 1.29 is 0 Å². The molecule has 4 heterocycles. The predicted molar refractivity (Wildman–Crippen MR) is 94.7 cm³/mol. The van der Waals surface area contributed by atoms with E-state index in [0.29, 0.717) is 5.92 Å². The van der Waals surface area contributed by atoms with Crippen LogP contribution in [0.2, 0.25) is 0 Å². The maximum atomic E-state index is 12.7. The van der Waals surface area contributed by atoms with Crippen LogP contribution in [0, 0.1) is 0 Å². The van der Waals surface area contributed by atoms with Crippen molar-refractivity contribution in [1.82, 2.24) is 25.5 Å². The summed E-state index contributed by atoms with van der Waals surface area (Å²) in [6.07, 6.45) is 7.02. The zero-order valence-corrected chi connectivity index (χ0v) is 14.1. The fourth-order valence-corrected chi connectivity index (χ4v) is 5.15. The van der Waals surface area contributed by atoms with Gasteiger partial charge in [0.05, 0.1) is 11.2 Å². The third-order valence-electron chi connectivity index (χ3n) is 5.19. The Balaban J connectivity index is 1.71. The van der Waals surface area contributed by atoms with Gasteiger partial charge < -0.3 is 10.3 Å². The van der Waals surface area contributed by atoms with E-state index in [0.717, 1.165) is 72.5 Å². The molecule has 2 aliphatic rings. The van der Waals surface area contributed by atoms with E-state index < -0.39 is 0 Å². The van der Waals surface area contributed by atoms with Gasteiger partial charge in [0.1, 0.15) is 10.5 Å². The van der Waals surface area contributed by atoms with Gasteiger partial charge in [0, 0.05) is 22.6 Å². The van der Waals surface area contributed by atoms with Crippen LogP contribution in [0.3, 0.4) is 0 Å². The number of hydrogen-bond acceptors (Lipinski definition) is 5. The summed E-state index contributed by atoms with van der Waals surface area (Å²) in [6, 6.07) is 0. The van der Waals surface area contributed by atoms with Crippen molar-refractivity contribution in [3.05, 3.63) is 33.6 Å². The van der Waals surface area contributed by atoms with Crippen LogP contribution in [0.5, 0.6) is 0 Å². The standard InChI is InChI=1S/C17H19N5OS/c23-17-15-13(20-16(21-17)9-4-6-18-7-5-9)10-2-1-3-12-11(8-19-22-12)14(10)24-15/h8-9,18H,1-7H2,(H,19,22)(H,20,21,23). The van der Waals surface area contributed by atoms with Crippen LogP contribution in [-0.4, -0.2) is 33.3 Å². The third-order valence-corrected chi connectivity index (χ3v) is 6.44. The summed E-state index contributed by atoms with van der Waals surface area (Å²) in [4.78, 5) is 21.8. The lowest BCUT2D eigenvalue weighted by Gasteiger charge is -2.21. The molecule has 0 atom stereocenters. The van der Waals surface area contributed by atoms with Crippen molar-refractivity contribution >= 4 is 21.6 Å². The van der Waals surface area contributed by atoms with Crippen molar-refractivity contribution in [2.24, 2.45) is 0 Å². The number of hydrogen-bond donors (Lipinski definition) is 3. The Morgan fingerprint density at radius 1 is 1.21 bits per heavy atom. The molecule has 6 nitrogen and oxygen atoms in total. The summed E-state index contributed by atoms with van der Waals surface area (Å²) in [5.41, 5.74) is 4.41. The van der Waals surface area contributed by atoms with Gasteiger partial charge in [0.15, 0.2) is 0 Å². The number of aromatic amines is 2. The normalized spacial score (nSPS) is 18.3. The molecule has 1 aliphatic heterocycles. The number of aryl methyl sites for hydroxylation is 2. The molecule has 1 aliphatic carbocycles. The molecule has 0 spiro atoms. The first kappa shape index (κ1) is 14.4. The van der Waals surface area contributed by atoms with E-state index in [2.05, 4.69) is 20.5 Å². The van der Waals surface area contributed by atoms with Crippen molar-refractivity contribution in [3.8, 4) is 10.4 Å². The van der Waals surface area contributed by atoms with E-state index >= 15 is 0 Å². The quantitative estimate of drug-likeness (QED) is 0.634. The van der Waals surface area contributed by atoms with Gasteiger partial charge in [-0.2, -0.15) is 5.10 Å². The molecule has 3 N–H and O–H groups in total. The minimum absolute atomic E-state index is 0.0108. The van der Waals surface area contributed by atoms with Crippen LogP contribution < -0.4 is 10.9 Å². The summed E-state index contributed by atoms with van der Waals surface area (Å²) in [5, 5.41) is 10.7. The molecule has 0 unspecified atom stereocenters. The lowest BCUT2D eigenvalue weighted by Crippen LogP contribution is -2.28. The summed E-state index contributed by atoms with van der Waals surface area (Å²) in [6.45, 7) is 1.99. The number of H-pyrrole nitrogens is 2. The van der Waals surface area contributed by atoms with Gasteiger partial charge >= 0.3 is 0 Å². The van der Waals surface area contributed by atoms with Gasteiger partial charge in [-0.3, -0.25) is 9.89 Å². The summed E-state index contributed by atoms with van der Waals surface area (Å²) >= 11 is 1.56. The average molecular weight is 341 g/mol. The lowest BCUT2D eigenvalue weighted by molar-refractivity contribution is 0.445. The minimum Gasteiger partial charge on any atom is -0.317 e. The fourth-order valence-electron chi connectivity index (χ4n) is 3.93. The molecule has 0 amide bonds. The molecule has 0 saturated carbocycles. The number of thiophene rings is 1.